The van der Waals surface area contributed by atoms with Crippen molar-refractivity contribution in [2.75, 3.05) is 7.11 Å². The van der Waals surface area contributed by atoms with E-state index >= 15 is 0 Å². The SMILES string of the molecule is COc1ccc(O)c(C(C)NCc2scnc2C)c1. The van der Waals surface area contributed by atoms with Crippen LogP contribution in [0.3, 0.4) is 0 Å². The van der Waals surface area contributed by atoms with E-state index in [4.69, 9.17) is 4.74 Å². The fraction of sp³-hybridized carbons (Fsp3) is 0.357. The smallest absolute Gasteiger partial charge is 0.120 e. The lowest BCUT2D eigenvalue weighted by Gasteiger charge is -2.16. The van der Waals surface area contributed by atoms with E-state index in [0.29, 0.717) is 0 Å². The topological polar surface area (TPSA) is 54.4 Å². The zero-order valence-corrected chi connectivity index (χ0v) is 12.1. The Morgan fingerprint density at radius 3 is 2.89 bits per heavy atom. The largest absolute Gasteiger partial charge is 0.508 e. The minimum Gasteiger partial charge on any atom is -0.508 e. The van der Waals surface area contributed by atoms with Crippen molar-refractivity contribution < 1.29 is 9.84 Å². The lowest BCUT2D eigenvalue weighted by molar-refractivity contribution is 0.407. The average molecular weight is 278 g/mol. The van der Waals surface area contributed by atoms with Crippen molar-refractivity contribution in [2.24, 2.45) is 0 Å². The van der Waals surface area contributed by atoms with Crippen LogP contribution in [0.1, 0.15) is 29.1 Å². The predicted molar refractivity (Wildman–Crippen MR) is 76.8 cm³/mol. The number of benzene rings is 1. The van der Waals surface area contributed by atoms with E-state index < -0.39 is 0 Å². The summed E-state index contributed by atoms with van der Waals surface area (Å²) in [5, 5.41) is 13.3. The van der Waals surface area contributed by atoms with Gasteiger partial charge in [-0.05, 0) is 32.0 Å². The summed E-state index contributed by atoms with van der Waals surface area (Å²) in [6, 6.07) is 5.30. The molecule has 0 aliphatic heterocycles. The van der Waals surface area contributed by atoms with Gasteiger partial charge in [-0.15, -0.1) is 11.3 Å². The maximum Gasteiger partial charge on any atom is 0.120 e. The Hall–Kier alpha value is -1.59. The molecule has 2 aromatic rings. The van der Waals surface area contributed by atoms with Gasteiger partial charge in [-0.1, -0.05) is 0 Å². The molecule has 1 unspecified atom stereocenters. The van der Waals surface area contributed by atoms with E-state index in [1.54, 1.807) is 30.6 Å². The van der Waals surface area contributed by atoms with Crippen LogP contribution in [0.5, 0.6) is 11.5 Å². The zero-order chi connectivity index (χ0) is 13.8. The molecule has 0 aliphatic rings. The molecule has 2 rings (SSSR count). The summed E-state index contributed by atoms with van der Waals surface area (Å²) in [4.78, 5) is 5.44. The first-order valence-corrected chi connectivity index (χ1v) is 6.99. The van der Waals surface area contributed by atoms with Gasteiger partial charge in [0.15, 0.2) is 0 Å². The van der Waals surface area contributed by atoms with Crippen LogP contribution in [-0.2, 0) is 6.54 Å². The summed E-state index contributed by atoms with van der Waals surface area (Å²) in [5.41, 5.74) is 3.74. The molecule has 0 amide bonds. The van der Waals surface area contributed by atoms with Crippen LogP contribution in [0.4, 0.5) is 0 Å². The number of rotatable bonds is 5. The van der Waals surface area contributed by atoms with E-state index in [9.17, 15) is 5.11 Å². The highest BCUT2D eigenvalue weighted by Crippen LogP contribution is 2.28. The van der Waals surface area contributed by atoms with E-state index in [1.165, 1.54) is 4.88 Å². The van der Waals surface area contributed by atoms with Crippen molar-refractivity contribution in [1.82, 2.24) is 10.3 Å². The van der Waals surface area contributed by atoms with Gasteiger partial charge < -0.3 is 15.2 Å². The number of aromatic nitrogens is 1. The fourth-order valence-corrected chi connectivity index (χ4v) is 2.59. The first-order chi connectivity index (χ1) is 9.11. The fourth-order valence-electron chi connectivity index (χ4n) is 1.86. The van der Waals surface area contributed by atoms with Gasteiger partial charge in [-0.25, -0.2) is 4.98 Å². The molecule has 0 radical (unpaired) electrons. The summed E-state index contributed by atoms with van der Waals surface area (Å²) in [7, 11) is 1.62. The van der Waals surface area contributed by atoms with Crippen LogP contribution in [0, 0.1) is 6.92 Å². The van der Waals surface area contributed by atoms with Gasteiger partial charge in [-0.2, -0.15) is 0 Å². The van der Waals surface area contributed by atoms with Crippen molar-refractivity contribution in [3.8, 4) is 11.5 Å². The Balaban J connectivity index is 2.07. The quantitative estimate of drug-likeness (QED) is 0.882. The number of thiazole rings is 1. The number of nitrogens with one attached hydrogen (secondary N) is 1. The maximum absolute atomic E-state index is 9.91. The standard InChI is InChI=1S/C14H18N2O2S/c1-9(15-7-14-10(2)16-8-19-14)12-6-11(18-3)4-5-13(12)17/h4-6,8-9,15,17H,7H2,1-3H3. The van der Waals surface area contributed by atoms with Crippen molar-refractivity contribution in [3.63, 3.8) is 0 Å². The summed E-state index contributed by atoms with van der Waals surface area (Å²) in [5.74, 6) is 1.03. The highest BCUT2D eigenvalue weighted by molar-refractivity contribution is 7.09. The number of nitrogens with zero attached hydrogens (tertiary/aromatic N) is 1. The Morgan fingerprint density at radius 1 is 1.47 bits per heavy atom. The molecule has 1 aromatic carbocycles. The zero-order valence-electron chi connectivity index (χ0n) is 11.3. The second-order valence-corrected chi connectivity index (χ2v) is 5.33. The van der Waals surface area contributed by atoms with Crippen molar-refractivity contribution in [3.05, 3.63) is 39.8 Å². The molecule has 0 aliphatic carbocycles. The molecule has 0 spiro atoms. The molecule has 2 N–H and O–H groups in total. The minimum absolute atomic E-state index is 0.0385. The minimum atomic E-state index is 0.0385. The number of phenolic OH excluding ortho intramolecular Hbond substituents is 1. The molecular weight excluding hydrogens is 260 g/mol. The number of methoxy groups -OCH3 is 1. The molecule has 1 heterocycles. The monoisotopic (exact) mass is 278 g/mol. The number of phenols is 1. The lowest BCUT2D eigenvalue weighted by atomic mass is 10.1. The van der Waals surface area contributed by atoms with Gasteiger partial charge in [0.1, 0.15) is 11.5 Å². The highest BCUT2D eigenvalue weighted by Gasteiger charge is 2.12. The van der Waals surface area contributed by atoms with Gasteiger partial charge in [0.05, 0.1) is 18.3 Å². The first-order valence-electron chi connectivity index (χ1n) is 6.11. The van der Waals surface area contributed by atoms with Gasteiger partial charge in [0, 0.05) is 23.0 Å². The van der Waals surface area contributed by atoms with Crippen molar-refractivity contribution in [1.29, 1.82) is 0 Å². The van der Waals surface area contributed by atoms with E-state index in [-0.39, 0.29) is 11.8 Å². The van der Waals surface area contributed by atoms with Crippen LogP contribution in [0.15, 0.2) is 23.7 Å². The van der Waals surface area contributed by atoms with Gasteiger partial charge >= 0.3 is 0 Å². The van der Waals surface area contributed by atoms with Crippen LogP contribution in [0.25, 0.3) is 0 Å². The Labute approximate surface area is 117 Å². The second-order valence-electron chi connectivity index (χ2n) is 4.39. The third kappa shape index (κ3) is 3.24. The lowest BCUT2D eigenvalue weighted by Crippen LogP contribution is -2.18. The van der Waals surface area contributed by atoms with Gasteiger partial charge in [0.25, 0.3) is 0 Å². The van der Waals surface area contributed by atoms with Crippen molar-refractivity contribution >= 4 is 11.3 Å². The Kier molecular flexibility index (Phi) is 4.39. The van der Waals surface area contributed by atoms with Crippen LogP contribution in [0.2, 0.25) is 0 Å². The van der Waals surface area contributed by atoms with Crippen LogP contribution in [-0.4, -0.2) is 17.2 Å². The summed E-state index contributed by atoms with van der Waals surface area (Å²) in [6.45, 7) is 4.76. The van der Waals surface area contributed by atoms with Crippen molar-refractivity contribution in [2.45, 2.75) is 26.4 Å². The Morgan fingerprint density at radius 2 is 2.26 bits per heavy atom. The molecule has 102 valence electrons. The number of aromatic hydroxyl groups is 1. The molecule has 0 fully saturated rings. The summed E-state index contributed by atoms with van der Waals surface area (Å²) in [6.07, 6.45) is 0. The molecule has 0 bridgehead atoms. The predicted octanol–water partition coefficient (Wildman–Crippen LogP) is 3.02. The normalized spacial score (nSPS) is 12.4. The van der Waals surface area contributed by atoms with Crippen LogP contribution >= 0.6 is 11.3 Å². The van der Waals surface area contributed by atoms with E-state index in [2.05, 4.69) is 10.3 Å². The summed E-state index contributed by atoms with van der Waals surface area (Å²) < 4.78 is 5.18. The van der Waals surface area contributed by atoms with Gasteiger partial charge in [-0.3, -0.25) is 0 Å². The molecule has 1 atom stereocenters. The summed E-state index contributed by atoms with van der Waals surface area (Å²) >= 11 is 1.64. The molecule has 1 aromatic heterocycles. The third-order valence-electron chi connectivity index (χ3n) is 3.11. The molecule has 0 saturated heterocycles. The number of ether oxygens (including phenoxy) is 1. The second kappa shape index (κ2) is 6.04. The first kappa shape index (κ1) is 13.8. The molecule has 4 nitrogen and oxygen atoms in total. The number of hydrogen-bond acceptors (Lipinski definition) is 5. The highest BCUT2D eigenvalue weighted by atomic mass is 32.1. The molecule has 19 heavy (non-hydrogen) atoms. The maximum atomic E-state index is 9.91. The number of aryl methyl sites for hydroxylation is 1. The Bertz CT molecular complexity index is 554. The molecular formula is C14H18N2O2S. The van der Waals surface area contributed by atoms with Crippen LogP contribution < -0.4 is 10.1 Å². The number of hydrogen-bond donors (Lipinski definition) is 2. The molecule has 5 heteroatoms. The molecule has 0 saturated carbocycles. The van der Waals surface area contributed by atoms with E-state index in [1.807, 2.05) is 25.4 Å². The average Bonchev–Trinajstić information content (AvgIpc) is 2.82. The third-order valence-corrected chi connectivity index (χ3v) is 4.05. The van der Waals surface area contributed by atoms with Gasteiger partial charge in [0.2, 0.25) is 0 Å². The van der Waals surface area contributed by atoms with E-state index in [0.717, 1.165) is 23.6 Å².